The number of hydrogen-bond donors (Lipinski definition) is 1. The standard InChI is InChI=1S/C28H39F18NO/c1-3-4-5-6-7-8-9-10-11-12-13-14-15-16-17-47-19(48)18-20(2,29)21(30,31)22(32,33)23(34,35)24(36,37)25(38,39)26(40,41)27(42,43)28(44,45)46/h3-18H2,1-2H3,(H,47,48). The molecule has 1 unspecified atom stereocenters. The molecule has 0 aliphatic heterocycles. The van der Waals surface area contributed by atoms with Crippen LogP contribution in [-0.4, -0.2) is 65.8 Å². The smallest absolute Gasteiger partial charge is 0.356 e. The van der Waals surface area contributed by atoms with Crippen molar-refractivity contribution in [3.63, 3.8) is 0 Å². The van der Waals surface area contributed by atoms with E-state index in [2.05, 4.69) is 6.92 Å². The molecule has 288 valence electrons. The largest absolute Gasteiger partial charge is 0.460 e. The maximum atomic E-state index is 14.6. The summed E-state index contributed by atoms with van der Waals surface area (Å²) in [6.45, 7) is 0.970. The maximum Gasteiger partial charge on any atom is 0.460 e. The van der Waals surface area contributed by atoms with Crippen LogP contribution in [0.15, 0.2) is 0 Å². The molecule has 0 saturated carbocycles. The van der Waals surface area contributed by atoms with Crippen molar-refractivity contribution in [1.29, 1.82) is 0 Å². The van der Waals surface area contributed by atoms with Crippen LogP contribution in [0.5, 0.6) is 0 Å². The lowest BCUT2D eigenvalue weighted by molar-refractivity contribution is -0.465. The quantitative estimate of drug-likeness (QED) is 0.0773. The SMILES string of the molecule is CCCCCCCCCCCCCCCCNC(=O)CC(C)(F)C(F)(F)C(F)(F)C(F)(F)C(F)(F)C(F)(F)C(F)(F)C(F)(F)C(F)(F)F. The van der Waals surface area contributed by atoms with Crippen LogP contribution in [0.4, 0.5) is 79.0 Å². The minimum atomic E-state index is -8.81. The fourth-order valence-corrected chi connectivity index (χ4v) is 4.51. The number of alkyl halides is 18. The van der Waals surface area contributed by atoms with Gasteiger partial charge in [0.05, 0.1) is 6.42 Å². The van der Waals surface area contributed by atoms with E-state index < -0.39 is 79.1 Å². The van der Waals surface area contributed by atoms with E-state index in [0.29, 0.717) is 12.8 Å². The summed E-state index contributed by atoms with van der Waals surface area (Å²) in [6, 6.07) is 0. The van der Waals surface area contributed by atoms with Gasteiger partial charge in [0.15, 0.2) is 5.67 Å². The zero-order valence-corrected chi connectivity index (χ0v) is 26.0. The van der Waals surface area contributed by atoms with Crippen molar-refractivity contribution >= 4 is 5.91 Å². The number of rotatable bonds is 24. The van der Waals surface area contributed by atoms with Crippen molar-refractivity contribution in [2.45, 2.75) is 163 Å². The third-order valence-corrected chi connectivity index (χ3v) is 7.72. The van der Waals surface area contributed by atoms with Gasteiger partial charge >= 0.3 is 47.6 Å². The Kier molecular flexibility index (Phi) is 16.3. The molecule has 0 radical (unpaired) electrons. The molecule has 0 rings (SSSR count). The Morgan fingerprint density at radius 1 is 0.417 bits per heavy atom. The van der Waals surface area contributed by atoms with Gasteiger partial charge in [-0.2, -0.15) is 74.6 Å². The highest BCUT2D eigenvalue weighted by Crippen LogP contribution is 2.65. The summed E-state index contributed by atoms with van der Waals surface area (Å²) < 4.78 is 243. The second-order valence-electron chi connectivity index (χ2n) is 11.8. The molecule has 0 heterocycles. The molecular weight excluding hydrogens is 708 g/mol. The Bertz CT molecular complexity index is 978. The lowest BCUT2D eigenvalue weighted by atomic mass is 9.83. The van der Waals surface area contributed by atoms with Crippen molar-refractivity contribution in [1.82, 2.24) is 5.32 Å². The second-order valence-corrected chi connectivity index (χ2v) is 11.8. The van der Waals surface area contributed by atoms with Crippen LogP contribution >= 0.6 is 0 Å². The van der Waals surface area contributed by atoms with Crippen molar-refractivity contribution < 1.29 is 83.8 Å². The van der Waals surface area contributed by atoms with Crippen LogP contribution in [0.2, 0.25) is 0 Å². The topological polar surface area (TPSA) is 29.1 Å². The Balaban J connectivity index is 5.24. The average molecular weight is 748 g/mol. The number of carbonyl (C=O) groups excluding carboxylic acids is 1. The molecule has 0 spiro atoms. The maximum absolute atomic E-state index is 14.6. The molecule has 0 saturated heterocycles. The highest BCUT2D eigenvalue weighted by atomic mass is 19.4. The summed E-state index contributed by atoms with van der Waals surface area (Å²) in [4.78, 5) is 11.8. The van der Waals surface area contributed by atoms with Gasteiger partial charge in [-0.05, 0) is 13.3 Å². The van der Waals surface area contributed by atoms with Gasteiger partial charge in [-0.1, -0.05) is 90.4 Å². The van der Waals surface area contributed by atoms with E-state index in [9.17, 15) is 83.8 Å². The first-order valence-corrected chi connectivity index (χ1v) is 15.1. The predicted molar refractivity (Wildman–Crippen MR) is 138 cm³/mol. The summed E-state index contributed by atoms with van der Waals surface area (Å²) in [7, 11) is 0. The molecule has 2 nitrogen and oxygen atoms in total. The van der Waals surface area contributed by atoms with Crippen LogP contribution in [0, 0.1) is 0 Å². The first-order chi connectivity index (χ1) is 21.5. The van der Waals surface area contributed by atoms with Crippen molar-refractivity contribution in [2.24, 2.45) is 0 Å². The number of amides is 1. The Labute approximate surface area is 265 Å². The third kappa shape index (κ3) is 9.71. The van der Waals surface area contributed by atoms with E-state index in [1.54, 1.807) is 5.32 Å². The van der Waals surface area contributed by atoms with Gasteiger partial charge in [-0.15, -0.1) is 0 Å². The summed E-state index contributed by atoms with van der Waals surface area (Å²) in [6.07, 6.45) is 2.54. The van der Waals surface area contributed by atoms with E-state index in [0.717, 1.165) is 51.4 Å². The molecule has 0 aromatic heterocycles. The average Bonchev–Trinajstić information content (AvgIpc) is 2.93. The van der Waals surface area contributed by atoms with Crippen LogP contribution in [0.1, 0.15) is 110 Å². The van der Waals surface area contributed by atoms with E-state index in [1.807, 2.05) is 0 Å². The van der Waals surface area contributed by atoms with Crippen molar-refractivity contribution in [3.05, 3.63) is 0 Å². The van der Waals surface area contributed by atoms with E-state index in [1.165, 1.54) is 19.3 Å². The van der Waals surface area contributed by atoms with Crippen molar-refractivity contribution in [3.8, 4) is 0 Å². The van der Waals surface area contributed by atoms with Gasteiger partial charge in [0.1, 0.15) is 0 Å². The highest BCUT2D eigenvalue weighted by molar-refractivity contribution is 5.77. The number of carbonyl (C=O) groups is 1. The zero-order chi connectivity index (χ0) is 38.1. The monoisotopic (exact) mass is 747 g/mol. The minimum absolute atomic E-state index is 0.120. The highest BCUT2D eigenvalue weighted by Gasteiger charge is 2.96. The zero-order valence-electron chi connectivity index (χ0n) is 26.0. The number of unbranched alkanes of at least 4 members (excludes halogenated alkanes) is 13. The lowest BCUT2D eigenvalue weighted by Gasteiger charge is -2.44. The van der Waals surface area contributed by atoms with Crippen LogP contribution in [0.3, 0.4) is 0 Å². The molecule has 0 aromatic rings. The van der Waals surface area contributed by atoms with Gasteiger partial charge in [0, 0.05) is 6.54 Å². The van der Waals surface area contributed by atoms with Crippen LogP contribution in [-0.2, 0) is 4.79 Å². The van der Waals surface area contributed by atoms with Gasteiger partial charge in [-0.25, -0.2) is 4.39 Å². The molecule has 48 heavy (non-hydrogen) atoms. The molecule has 0 aliphatic rings. The number of nitrogens with one attached hydrogen (secondary N) is 1. The van der Waals surface area contributed by atoms with E-state index >= 15 is 0 Å². The molecule has 0 aliphatic carbocycles. The number of hydrogen-bond acceptors (Lipinski definition) is 1. The first-order valence-electron chi connectivity index (χ1n) is 15.1. The molecule has 1 atom stereocenters. The number of halogens is 18. The Morgan fingerprint density at radius 2 is 0.688 bits per heavy atom. The fourth-order valence-electron chi connectivity index (χ4n) is 4.51. The van der Waals surface area contributed by atoms with Gasteiger partial charge in [0.25, 0.3) is 0 Å². The third-order valence-electron chi connectivity index (χ3n) is 7.72. The summed E-state index contributed by atoms with van der Waals surface area (Å²) in [5, 5.41) is 1.75. The molecule has 1 N–H and O–H groups in total. The van der Waals surface area contributed by atoms with E-state index in [4.69, 9.17) is 0 Å². The summed E-state index contributed by atoms with van der Waals surface area (Å²) in [5.74, 6) is -60.6. The molecular formula is C28H39F18NO. The Morgan fingerprint density at radius 3 is 1.00 bits per heavy atom. The second kappa shape index (κ2) is 16.9. The Hall–Kier alpha value is -1.79. The minimum Gasteiger partial charge on any atom is -0.356 e. The molecule has 0 fully saturated rings. The van der Waals surface area contributed by atoms with Gasteiger partial charge in [-0.3, -0.25) is 4.79 Å². The fraction of sp³-hybridized carbons (Fsp3) is 0.964. The van der Waals surface area contributed by atoms with Crippen LogP contribution < -0.4 is 5.32 Å². The van der Waals surface area contributed by atoms with Gasteiger partial charge < -0.3 is 5.32 Å². The van der Waals surface area contributed by atoms with Gasteiger partial charge in [0.2, 0.25) is 5.91 Å². The summed E-state index contributed by atoms with van der Waals surface area (Å²) >= 11 is 0. The molecule has 0 bridgehead atoms. The van der Waals surface area contributed by atoms with E-state index in [-0.39, 0.29) is 6.42 Å². The van der Waals surface area contributed by atoms with Crippen molar-refractivity contribution in [2.75, 3.05) is 6.54 Å². The normalized spacial score (nSPS) is 15.8. The molecule has 0 aromatic carbocycles. The van der Waals surface area contributed by atoms with Crippen LogP contribution in [0.25, 0.3) is 0 Å². The summed E-state index contributed by atoms with van der Waals surface area (Å²) in [5.41, 5.74) is -5.33. The molecule has 1 amide bonds. The predicted octanol–water partition coefficient (Wildman–Crippen LogP) is 11.7. The lowest BCUT2D eigenvalue weighted by Crippen LogP contribution is -2.76. The first kappa shape index (κ1) is 46.2. The molecule has 20 heteroatoms.